The predicted molar refractivity (Wildman–Crippen MR) is 69.1 cm³/mol. The lowest BCUT2D eigenvalue weighted by Gasteiger charge is -2.32. The highest BCUT2D eigenvalue weighted by Crippen LogP contribution is 2.64. The van der Waals surface area contributed by atoms with Gasteiger partial charge in [-0.1, -0.05) is 20.8 Å². The highest BCUT2D eigenvalue weighted by Gasteiger charge is 2.68. The van der Waals surface area contributed by atoms with E-state index in [1.165, 1.54) is 0 Å². The third kappa shape index (κ3) is 2.00. The van der Waals surface area contributed by atoms with Crippen LogP contribution >= 0.6 is 0 Å². The van der Waals surface area contributed by atoms with Gasteiger partial charge in [-0.3, -0.25) is 4.90 Å². The van der Waals surface area contributed by atoms with Crippen LogP contribution in [0.1, 0.15) is 41.0 Å². The van der Waals surface area contributed by atoms with Crippen molar-refractivity contribution in [2.24, 2.45) is 17.3 Å². The molecule has 1 aliphatic carbocycles. The van der Waals surface area contributed by atoms with E-state index >= 15 is 0 Å². The molecule has 0 aromatic carbocycles. The largest absolute Gasteiger partial charge is 0.443 e. The number of amides is 1. The highest BCUT2D eigenvalue weighted by molar-refractivity contribution is 5.69. The summed E-state index contributed by atoms with van der Waals surface area (Å²) in [5.74, 6) is 1.01. The average Bonchev–Trinajstić information content (AvgIpc) is 2.68. The number of hydrogen-bond donors (Lipinski definition) is 0. The molecule has 4 heteroatoms. The number of ether oxygens (including phenoxy) is 2. The minimum Gasteiger partial charge on any atom is -0.443 e. The maximum absolute atomic E-state index is 12.2. The molecular formula is C14H25NO3. The molecule has 4 nitrogen and oxygen atoms in total. The van der Waals surface area contributed by atoms with E-state index in [1.54, 1.807) is 12.0 Å². The van der Waals surface area contributed by atoms with Gasteiger partial charge < -0.3 is 9.47 Å². The van der Waals surface area contributed by atoms with Crippen molar-refractivity contribution in [1.29, 1.82) is 0 Å². The van der Waals surface area contributed by atoms with Gasteiger partial charge >= 0.3 is 6.09 Å². The van der Waals surface area contributed by atoms with Crippen molar-refractivity contribution in [2.45, 2.75) is 52.9 Å². The van der Waals surface area contributed by atoms with Crippen molar-refractivity contribution >= 4 is 6.09 Å². The Hall–Kier alpha value is -0.770. The van der Waals surface area contributed by atoms with Crippen LogP contribution in [0.25, 0.3) is 0 Å². The number of rotatable bonds is 3. The number of hydrogen-bond acceptors (Lipinski definition) is 3. The van der Waals surface area contributed by atoms with E-state index in [2.05, 4.69) is 13.8 Å². The van der Waals surface area contributed by atoms with Crippen molar-refractivity contribution in [1.82, 2.24) is 4.90 Å². The van der Waals surface area contributed by atoms with Gasteiger partial charge in [-0.15, -0.1) is 0 Å². The maximum Gasteiger partial charge on any atom is 0.412 e. The molecule has 1 saturated carbocycles. The summed E-state index contributed by atoms with van der Waals surface area (Å²) in [5.41, 5.74) is -0.102. The standard InChI is InChI=1S/C14H25NO3/c1-7-13(2,3)18-12(16)15-8-9-10(11(15)17-6)14(9,4)5/h9-11H,7-8H2,1-6H3/t9-,10-,11+/m0/s1. The Morgan fingerprint density at radius 3 is 2.56 bits per heavy atom. The molecule has 2 aliphatic rings. The predicted octanol–water partition coefficient (Wildman–Crippen LogP) is 2.87. The van der Waals surface area contributed by atoms with E-state index in [4.69, 9.17) is 9.47 Å². The van der Waals surface area contributed by atoms with E-state index in [9.17, 15) is 4.79 Å². The van der Waals surface area contributed by atoms with E-state index in [-0.39, 0.29) is 12.3 Å². The van der Waals surface area contributed by atoms with Crippen LogP contribution in [0.15, 0.2) is 0 Å². The van der Waals surface area contributed by atoms with Crippen LogP contribution < -0.4 is 0 Å². The summed E-state index contributed by atoms with van der Waals surface area (Å²) in [6.45, 7) is 11.1. The molecule has 1 saturated heterocycles. The lowest BCUT2D eigenvalue weighted by molar-refractivity contribution is -0.0556. The summed E-state index contributed by atoms with van der Waals surface area (Å²) < 4.78 is 11.1. The topological polar surface area (TPSA) is 38.8 Å². The van der Waals surface area contributed by atoms with Crippen molar-refractivity contribution < 1.29 is 14.3 Å². The fourth-order valence-corrected chi connectivity index (χ4v) is 3.03. The Bertz CT molecular complexity index is 351. The van der Waals surface area contributed by atoms with Gasteiger partial charge in [0.2, 0.25) is 0 Å². The fraction of sp³-hybridized carbons (Fsp3) is 0.929. The first kappa shape index (κ1) is 13.7. The molecule has 18 heavy (non-hydrogen) atoms. The van der Waals surface area contributed by atoms with E-state index in [1.807, 2.05) is 20.8 Å². The van der Waals surface area contributed by atoms with Gasteiger partial charge in [-0.05, 0) is 31.6 Å². The molecule has 1 amide bonds. The first-order valence-electron chi connectivity index (χ1n) is 6.77. The van der Waals surface area contributed by atoms with Crippen LogP contribution in [0.5, 0.6) is 0 Å². The number of carbonyl (C=O) groups excluding carboxylic acids is 1. The molecule has 3 atom stereocenters. The summed E-state index contributed by atoms with van der Waals surface area (Å²) in [6.07, 6.45) is 0.449. The van der Waals surface area contributed by atoms with Gasteiger partial charge in [-0.25, -0.2) is 4.79 Å². The normalized spacial score (nSPS) is 33.2. The average molecular weight is 255 g/mol. The first-order chi connectivity index (χ1) is 8.24. The van der Waals surface area contributed by atoms with Crippen LogP contribution in [-0.2, 0) is 9.47 Å². The van der Waals surface area contributed by atoms with Crippen molar-refractivity contribution in [2.75, 3.05) is 13.7 Å². The Balaban J connectivity index is 2.01. The van der Waals surface area contributed by atoms with Crippen LogP contribution in [0.4, 0.5) is 4.79 Å². The number of likely N-dealkylation sites (tertiary alicyclic amines) is 1. The molecule has 0 radical (unpaired) electrons. The molecule has 0 spiro atoms. The van der Waals surface area contributed by atoms with Crippen LogP contribution in [0.2, 0.25) is 0 Å². The molecule has 0 bridgehead atoms. The fourth-order valence-electron chi connectivity index (χ4n) is 3.03. The minimum atomic E-state index is -0.405. The summed E-state index contributed by atoms with van der Waals surface area (Å²) in [7, 11) is 1.67. The Morgan fingerprint density at radius 1 is 1.44 bits per heavy atom. The molecule has 0 N–H and O–H groups in total. The molecule has 2 fully saturated rings. The third-order valence-corrected chi connectivity index (χ3v) is 4.84. The lowest BCUT2D eigenvalue weighted by Crippen LogP contribution is -2.44. The molecule has 0 aromatic rings. The molecule has 1 heterocycles. The van der Waals surface area contributed by atoms with Gasteiger partial charge in [0.25, 0.3) is 0 Å². The van der Waals surface area contributed by atoms with Crippen molar-refractivity contribution in [3.63, 3.8) is 0 Å². The Morgan fingerprint density at radius 2 is 2.06 bits per heavy atom. The molecule has 1 aliphatic heterocycles. The zero-order valence-corrected chi connectivity index (χ0v) is 12.3. The second kappa shape index (κ2) is 4.12. The summed E-state index contributed by atoms with van der Waals surface area (Å²) in [5, 5.41) is 0. The van der Waals surface area contributed by atoms with E-state index in [0.29, 0.717) is 17.3 Å². The first-order valence-corrected chi connectivity index (χ1v) is 6.77. The van der Waals surface area contributed by atoms with E-state index < -0.39 is 5.60 Å². The van der Waals surface area contributed by atoms with Crippen molar-refractivity contribution in [3.8, 4) is 0 Å². The lowest BCUT2D eigenvalue weighted by atomic mass is 10.1. The number of nitrogens with zero attached hydrogens (tertiary/aromatic N) is 1. The monoisotopic (exact) mass is 255 g/mol. The third-order valence-electron chi connectivity index (χ3n) is 4.84. The zero-order chi connectivity index (χ0) is 13.7. The summed E-state index contributed by atoms with van der Waals surface area (Å²) in [4.78, 5) is 13.9. The van der Waals surface area contributed by atoms with Gasteiger partial charge in [0, 0.05) is 19.6 Å². The van der Waals surface area contributed by atoms with Gasteiger partial charge in [-0.2, -0.15) is 0 Å². The highest BCUT2D eigenvalue weighted by atomic mass is 16.6. The van der Waals surface area contributed by atoms with Crippen LogP contribution in [-0.4, -0.2) is 36.5 Å². The Labute approximate surface area is 110 Å². The molecular weight excluding hydrogens is 230 g/mol. The second-order valence-electron chi connectivity index (χ2n) is 6.71. The van der Waals surface area contributed by atoms with Gasteiger partial charge in [0.15, 0.2) is 0 Å². The van der Waals surface area contributed by atoms with Gasteiger partial charge in [0.05, 0.1) is 0 Å². The molecule has 104 valence electrons. The Kier molecular flexibility index (Phi) is 3.13. The molecule has 0 aromatic heterocycles. The summed E-state index contributed by atoms with van der Waals surface area (Å²) >= 11 is 0. The van der Waals surface area contributed by atoms with E-state index in [0.717, 1.165) is 13.0 Å². The smallest absolute Gasteiger partial charge is 0.412 e. The van der Waals surface area contributed by atoms with Gasteiger partial charge in [0.1, 0.15) is 11.8 Å². The second-order valence-corrected chi connectivity index (χ2v) is 6.71. The number of fused-ring (bicyclic) bond motifs is 1. The zero-order valence-electron chi connectivity index (χ0n) is 12.3. The number of methoxy groups -OCH3 is 1. The van der Waals surface area contributed by atoms with Crippen LogP contribution in [0, 0.1) is 17.3 Å². The minimum absolute atomic E-state index is 0.120. The SMILES string of the molecule is CCC(C)(C)OC(=O)N1C[C@H]2[C@@H]([C@H]1OC)C2(C)C. The molecule has 2 rings (SSSR count). The number of carbonyl (C=O) groups is 1. The number of piperidine rings is 1. The quantitative estimate of drug-likeness (QED) is 0.778. The molecule has 0 unspecified atom stereocenters. The van der Waals surface area contributed by atoms with Crippen LogP contribution in [0.3, 0.4) is 0 Å². The van der Waals surface area contributed by atoms with Crippen molar-refractivity contribution in [3.05, 3.63) is 0 Å². The maximum atomic E-state index is 12.2. The summed E-state index contributed by atoms with van der Waals surface area (Å²) in [6, 6.07) is 0.